The van der Waals surface area contributed by atoms with E-state index in [9.17, 15) is 27.2 Å². The number of nitrogens with zero attached hydrogens (tertiary/aromatic N) is 1. The zero-order valence-corrected chi connectivity index (χ0v) is 19.1. The number of alkyl halides is 3. The zero-order valence-electron chi connectivity index (χ0n) is 19.1. The van der Waals surface area contributed by atoms with Gasteiger partial charge in [0.1, 0.15) is 23.9 Å². The molecular weight excluding hydrogens is 484 g/mol. The maximum Gasteiger partial charge on any atom is 0.433 e. The van der Waals surface area contributed by atoms with Crippen LogP contribution in [0.4, 0.5) is 17.6 Å². The highest BCUT2D eigenvalue weighted by Gasteiger charge is 2.64. The van der Waals surface area contributed by atoms with Crippen molar-refractivity contribution in [2.24, 2.45) is 11.3 Å². The van der Waals surface area contributed by atoms with Crippen LogP contribution in [0, 0.1) is 17.2 Å². The van der Waals surface area contributed by atoms with Crippen LogP contribution in [0.1, 0.15) is 30.2 Å². The van der Waals surface area contributed by atoms with E-state index in [1.807, 2.05) is 0 Å². The lowest BCUT2D eigenvalue weighted by Gasteiger charge is -2.16. The number of nitrogens with one attached hydrogen (secondary N) is 1. The molecule has 0 spiro atoms. The third-order valence-electron chi connectivity index (χ3n) is 6.17. The molecule has 7 nitrogen and oxygen atoms in total. The first-order valence-electron chi connectivity index (χ1n) is 11.1. The lowest BCUT2D eigenvalue weighted by molar-refractivity contribution is -0.152. The zero-order chi connectivity index (χ0) is 26.1. The first-order valence-corrected chi connectivity index (χ1v) is 11.1. The van der Waals surface area contributed by atoms with E-state index >= 15 is 0 Å². The van der Waals surface area contributed by atoms with Gasteiger partial charge in [0.15, 0.2) is 0 Å². The van der Waals surface area contributed by atoms with E-state index in [1.165, 1.54) is 6.07 Å². The fourth-order valence-corrected chi connectivity index (χ4v) is 4.26. The molecule has 1 heterocycles. The topological polar surface area (TPSA) is 97.8 Å². The van der Waals surface area contributed by atoms with Gasteiger partial charge >= 0.3 is 12.1 Å². The summed E-state index contributed by atoms with van der Waals surface area (Å²) in [7, 11) is 0. The quantitative estimate of drug-likeness (QED) is 0.201. The number of hydroxylamine groups is 1. The number of benzene rings is 2. The van der Waals surface area contributed by atoms with E-state index < -0.39 is 40.9 Å². The largest absolute Gasteiger partial charge is 0.489 e. The van der Waals surface area contributed by atoms with Gasteiger partial charge in [0.25, 0.3) is 0 Å². The molecule has 0 bridgehead atoms. The fourth-order valence-electron chi connectivity index (χ4n) is 4.26. The molecule has 190 valence electrons. The average molecular weight is 506 g/mol. The van der Waals surface area contributed by atoms with Gasteiger partial charge in [-0.2, -0.15) is 13.2 Å². The molecule has 2 N–H and O–H groups in total. The normalized spacial score (nSPS) is 19.1. The van der Waals surface area contributed by atoms with Crippen molar-refractivity contribution < 1.29 is 41.8 Å². The third kappa shape index (κ3) is 5.11. The number of pyridine rings is 1. The predicted octanol–water partition coefficient (Wildman–Crippen LogP) is 4.59. The number of carbonyl (C=O) groups is 2. The monoisotopic (exact) mass is 506 g/mol. The number of halogens is 4. The van der Waals surface area contributed by atoms with Crippen molar-refractivity contribution in [2.75, 3.05) is 6.61 Å². The van der Waals surface area contributed by atoms with Crippen LogP contribution in [0.5, 0.6) is 5.75 Å². The molecule has 1 aliphatic carbocycles. The highest BCUT2D eigenvalue weighted by molar-refractivity contribution is 5.93. The Morgan fingerprint density at radius 1 is 1.17 bits per heavy atom. The van der Waals surface area contributed by atoms with Gasteiger partial charge in [0.2, 0.25) is 5.91 Å². The molecule has 2 aromatic carbocycles. The van der Waals surface area contributed by atoms with Gasteiger partial charge in [-0.1, -0.05) is 12.1 Å². The number of fused-ring (bicyclic) bond motifs is 1. The van der Waals surface area contributed by atoms with E-state index in [4.69, 9.17) is 14.7 Å². The van der Waals surface area contributed by atoms with Crippen LogP contribution < -0.4 is 10.2 Å². The fraction of sp³-hybridized carbons (Fsp3) is 0.320. The van der Waals surface area contributed by atoms with E-state index in [0.29, 0.717) is 11.3 Å². The van der Waals surface area contributed by atoms with Crippen LogP contribution in [-0.2, 0) is 33.5 Å². The van der Waals surface area contributed by atoms with E-state index in [1.54, 1.807) is 36.7 Å². The second-order valence-corrected chi connectivity index (χ2v) is 8.54. The van der Waals surface area contributed by atoms with Crippen molar-refractivity contribution >= 4 is 22.8 Å². The highest BCUT2D eigenvalue weighted by atomic mass is 19.4. The number of hydrogen-bond donors (Lipinski definition) is 2. The molecule has 1 fully saturated rings. The predicted molar refractivity (Wildman–Crippen MR) is 118 cm³/mol. The standard InChI is InChI=1S/C25H22F4N2O5/c1-2-35-23(33)24(12-19(24)22(32)31-34)11-14-3-6-17(7-4-14)36-13-15-9-21(25(27,28)29)30-20-8-5-16(26)10-18(15)20/h3-10,19,34H,2,11-13H2,1H3,(H,31,32). The highest BCUT2D eigenvalue weighted by Crippen LogP contribution is 2.56. The molecule has 3 aromatic rings. The summed E-state index contributed by atoms with van der Waals surface area (Å²) in [4.78, 5) is 28.0. The Morgan fingerprint density at radius 2 is 1.89 bits per heavy atom. The lowest BCUT2D eigenvalue weighted by atomic mass is 9.93. The second kappa shape index (κ2) is 9.73. The first-order chi connectivity index (χ1) is 17.1. The van der Waals surface area contributed by atoms with E-state index in [-0.39, 0.29) is 42.5 Å². The molecule has 4 rings (SSSR count). The maximum absolute atomic E-state index is 13.7. The number of aromatic nitrogens is 1. The van der Waals surface area contributed by atoms with Crippen LogP contribution in [-0.4, -0.2) is 28.7 Å². The first kappa shape index (κ1) is 25.4. The van der Waals surface area contributed by atoms with Crippen LogP contribution >= 0.6 is 0 Å². The summed E-state index contributed by atoms with van der Waals surface area (Å²) in [5.41, 5.74) is 0.188. The number of rotatable bonds is 8. The summed E-state index contributed by atoms with van der Waals surface area (Å²) >= 11 is 0. The molecule has 1 aromatic heterocycles. The summed E-state index contributed by atoms with van der Waals surface area (Å²) < 4.78 is 64.4. The molecule has 36 heavy (non-hydrogen) atoms. The molecular formula is C25H22F4N2O5. The number of carbonyl (C=O) groups excluding carboxylic acids is 2. The van der Waals surface area contributed by atoms with Crippen molar-refractivity contribution in [3.8, 4) is 5.75 Å². The molecule has 1 aliphatic rings. The molecule has 1 amide bonds. The van der Waals surface area contributed by atoms with Gasteiger partial charge < -0.3 is 9.47 Å². The Bertz CT molecular complexity index is 1300. The van der Waals surface area contributed by atoms with Crippen molar-refractivity contribution in [2.45, 2.75) is 32.5 Å². The minimum absolute atomic E-state index is 0.00431. The third-order valence-corrected chi connectivity index (χ3v) is 6.17. The molecule has 2 unspecified atom stereocenters. The number of ether oxygens (including phenoxy) is 2. The molecule has 2 atom stereocenters. The Kier molecular flexibility index (Phi) is 6.85. The molecule has 1 saturated carbocycles. The number of esters is 1. The molecule has 0 aliphatic heterocycles. The number of amides is 1. The smallest absolute Gasteiger partial charge is 0.433 e. The van der Waals surface area contributed by atoms with Gasteiger partial charge in [-0.3, -0.25) is 14.8 Å². The van der Waals surface area contributed by atoms with Crippen molar-refractivity contribution in [1.29, 1.82) is 0 Å². The minimum atomic E-state index is -4.68. The SMILES string of the molecule is CCOC(=O)C1(Cc2ccc(OCc3cc(C(F)(F)F)nc4ccc(F)cc34)cc2)CC1C(=O)NO. The Hall–Kier alpha value is -3.73. The summed E-state index contributed by atoms with van der Waals surface area (Å²) in [5, 5.41) is 9.14. The Balaban J connectivity index is 1.51. The number of hydrogen-bond acceptors (Lipinski definition) is 6. The van der Waals surface area contributed by atoms with Gasteiger partial charge in [0.05, 0.1) is 23.5 Å². The van der Waals surface area contributed by atoms with E-state index in [0.717, 1.165) is 18.2 Å². The summed E-state index contributed by atoms with van der Waals surface area (Å²) in [6, 6.07) is 10.6. The summed E-state index contributed by atoms with van der Waals surface area (Å²) in [5.74, 6) is -2.20. The Morgan fingerprint density at radius 3 is 2.53 bits per heavy atom. The second-order valence-electron chi connectivity index (χ2n) is 8.54. The van der Waals surface area contributed by atoms with Crippen LogP contribution in [0.3, 0.4) is 0 Å². The Labute approximate surface area is 203 Å². The van der Waals surface area contributed by atoms with Crippen molar-refractivity contribution in [3.05, 3.63) is 71.2 Å². The molecule has 0 saturated heterocycles. The van der Waals surface area contributed by atoms with Crippen LogP contribution in [0.25, 0.3) is 10.9 Å². The van der Waals surface area contributed by atoms with Gasteiger partial charge in [-0.15, -0.1) is 0 Å². The molecule has 11 heteroatoms. The van der Waals surface area contributed by atoms with Crippen molar-refractivity contribution in [3.63, 3.8) is 0 Å². The van der Waals surface area contributed by atoms with Gasteiger partial charge in [0, 0.05) is 10.9 Å². The van der Waals surface area contributed by atoms with E-state index in [2.05, 4.69) is 4.98 Å². The molecule has 0 radical (unpaired) electrons. The lowest BCUT2D eigenvalue weighted by Crippen LogP contribution is -2.30. The van der Waals surface area contributed by atoms with Crippen LogP contribution in [0.2, 0.25) is 0 Å². The maximum atomic E-state index is 13.7. The van der Waals surface area contributed by atoms with Gasteiger partial charge in [-0.05, 0) is 61.7 Å². The summed E-state index contributed by atoms with van der Waals surface area (Å²) in [6.07, 6.45) is -4.27. The van der Waals surface area contributed by atoms with Crippen LogP contribution in [0.15, 0.2) is 48.5 Å². The van der Waals surface area contributed by atoms with Gasteiger partial charge in [-0.25, -0.2) is 14.9 Å². The summed E-state index contributed by atoms with van der Waals surface area (Å²) in [6.45, 7) is 1.53. The average Bonchev–Trinajstić information content (AvgIpc) is 3.57. The minimum Gasteiger partial charge on any atom is -0.489 e. The van der Waals surface area contributed by atoms with Crippen molar-refractivity contribution in [1.82, 2.24) is 10.5 Å².